The molecule has 0 bridgehead atoms. The van der Waals surface area contributed by atoms with Crippen molar-refractivity contribution in [3.05, 3.63) is 65.7 Å². The lowest BCUT2D eigenvalue weighted by molar-refractivity contribution is -0.116. The third-order valence-electron chi connectivity index (χ3n) is 5.43. The number of benzene rings is 2. The molecule has 1 aliphatic rings. The lowest BCUT2D eigenvalue weighted by atomic mass is 10.1. The molecule has 1 heterocycles. The topological polar surface area (TPSA) is 68.6 Å². The molecule has 1 fully saturated rings. The van der Waals surface area contributed by atoms with Gasteiger partial charge in [-0.1, -0.05) is 42.5 Å². The number of nitrogens with one attached hydrogen (secondary N) is 1. The zero-order valence-electron chi connectivity index (χ0n) is 17.6. The van der Waals surface area contributed by atoms with Gasteiger partial charge < -0.3 is 10.1 Å². The molecule has 2 aromatic carbocycles. The number of carbonyl (C=O) groups excluding carboxylic acids is 1. The first-order chi connectivity index (χ1) is 14.7. The van der Waals surface area contributed by atoms with Gasteiger partial charge in [-0.2, -0.15) is 5.26 Å². The second kappa shape index (κ2) is 11.5. The summed E-state index contributed by atoms with van der Waals surface area (Å²) in [5.41, 5.74) is 2.29. The molecule has 1 amide bonds. The fourth-order valence-electron chi connectivity index (χ4n) is 3.69. The van der Waals surface area contributed by atoms with E-state index in [1.54, 1.807) is 18.2 Å². The van der Waals surface area contributed by atoms with Gasteiger partial charge in [0.05, 0.1) is 24.5 Å². The van der Waals surface area contributed by atoms with E-state index in [1.807, 2.05) is 24.3 Å². The van der Waals surface area contributed by atoms with Crippen molar-refractivity contribution >= 4 is 11.6 Å². The number of amides is 1. The summed E-state index contributed by atoms with van der Waals surface area (Å²) in [6.45, 7) is 8.11. The van der Waals surface area contributed by atoms with Crippen molar-refractivity contribution in [2.45, 2.75) is 25.9 Å². The molecule has 1 aliphatic heterocycles. The predicted molar refractivity (Wildman–Crippen MR) is 118 cm³/mol. The van der Waals surface area contributed by atoms with E-state index in [1.165, 1.54) is 5.56 Å². The van der Waals surface area contributed by atoms with Crippen molar-refractivity contribution in [3.8, 4) is 6.07 Å². The van der Waals surface area contributed by atoms with E-state index in [4.69, 9.17) is 4.74 Å². The zero-order chi connectivity index (χ0) is 21.2. The summed E-state index contributed by atoms with van der Waals surface area (Å²) in [6.07, 6.45) is 0.375. The van der Waals surface area contributed by atoms with E-state index in [9.17, 15) is 10.1 Å². The fourth-order valence-corrected chi connectivity index (χ4v) is 3.69. The monoisotopic (exact) mass is 406 g/mol. The molecule has 1 atom stereocenters. The Hall–Kier alpha value is -2.72. The van der Waals surface area contributed by atoms with Crippen LogP contribution in [0.2, 0.25) is 0 Å². The van der Waals surface area contributed by atoms with Gasteiger partial charge in [0.1, 0.15) is 6.07 Å². The molecular formula is C24H30N4O2. The van der Waals surface area contributed by atoms with Crippen molar-refractivity contribution in [2.75, 3.05) is 44.7 Å². The Morgan fingerprint density at radius 3 is 2.60 bits per heavy atom. The maximum absolute atomic E-state index is 12.6. The van der Waals surface area contributed by atoms with Crippen LogP contribution in [0, 0.1) is 11.3 Å². The molecule has 0 spiro atoms. The van der Waals surface area contributed by atoms with Gasteiger partial charge in [0.25, 0.3) is 0 Å². The number of carbonyl (C=O) groups is 1. The molecule has 0 aliphatic carbocycles. The van der Waals surface area contributed by atoms with Gasteiger partial charge in [0.15, 0.2) is 0 Å². The number of rotatable bonds is 9. The number of hydrogen-bond acceptors (Lipinski definition) is 5. The molecule has 6 nitrogen and oxygen atoms in total. The molecule has 3 rings (SSSR count). The van der Waals surface area contributed by atoms with E-state index in [-0.39, 0.29) is 5.91 Å². The Morgan fingerprint density at radius 1 is 1.17 bits per heavy atom. The van der Waals surface area contributed by atoms with Crippen LogP contribution >= 0.6 is 0 Å². The van der Waals surface area contributed by atoms with Crippen LogP contribution < -0.4 is 5.32 Å². The van der Waals surface area contributed by atoms with Crippen LogP contribution in [0.1, 0.15) is 24.5 Å². The van der Waals surface area contributed by atoms with Crippen LogP contribution in [-0.2, 0) is 16.1 Å². The first-order valence-electron chi connectivity index (χ1n) is 10.5. The van der Waals surface area contributed by atoms with Crippen molar-refractivity contribution in [2.24, 2.45) is 0 Å². The molecule has 0 aromatic heterocycles. The summed E-state index contributed by atoms with van der Waals surface area (Å²) >= 11 is 0. The molecule has 1 N–H and O–H groups in total. The second-order valence-electron chi connectivity index (χ2n) is 7.67. The number of ether oxygens (including phenoxy) is 1. The number of anilines is 1. The Kier molecular flexibility index (Phi) is 8.40. The van der Waals surface area contributed by atoms with Gasteiger partial charge in [-0.05, 0) is 24.6 Å². The van der Waals surface area contributed by atoms with Crippen LogP contribution in [0.3, 0.4) is 0 Å². The molecule has 0 saturated carbocycles. The minimum absolute atomic E-state index is 0.0747. The van der Waals surface area contributed by atoms with E-state index < -0.39 is 0 Å². The summed E-state index contributed by atoms with van der Waals surface area (Å²) in [5.74, 6) is -0.0747. The van der Waals surface area contributed by atoms with Crippen LogP contribution in [0.5, 0.6) is 0 Å². The molecule has 158 valence electrons. The summed E-state index contributed by atoms with van der Waals surface area (Å²) in [7, 11) is 0. The van der Waals surface area contributed by atoms with Crippen molar-refractivity contribution in [1.29, 1.82) is 5.26 Å². The maximum atomic E-state index is 12.6. The number of nitrogens with zero attached hydrogens (tertiary/aromatic N) is 3. The van der Waals surface area contributed by atoms with Crippen molar-refractivity contribution < 1.29 is 9.53 Å². The molecule has 1 unspecified atom stereocenters. The zero-order valence-corrected chi connectivity index (χ0v) is 17.6. The number of para-hydroxylation sites is 1. The SMILES string of the molecule is CC(CN1CCOCC1)N(CCC(=O)Nc1ccccc1C#N)Cc1ccccc1. The molecule has 2 aromatic rings. The molecular weight excluding hydrogens is 376 g/mol. The maximum Gasteiger partial charge on any atom is 0.225 e. The Bertz CT molecular complexity index is 844. The highest BCUT2D eigenvalue weighted by molar-refractivity contribution is 5.92. The quantitative estimate of drug-likeness (QED) is 0.693. The first kappa shape index (κ1) is 22.0. The smallest absolute Gasteiger partial charge is 0.225 e. The normalized spacial score (nSPS) is 15.5. The van der Waals surface area contributed by atoms with Crippen molar-refractivity contribution in [3.63, 3.8) is 0 Å². The Morgan fingerprint density at radius 2 is 1.87 bits per heavy atom. The number of morpholine rings is 1. The largest absolute Gasteiger partial charge is 0.379 e. The highest BCUT2D eigenvalue weighted by Crippen LogP contribution is 2.15. The molecule has 1 saturated heterocycles. The van der Waals surface area contributed by atoms with Crippen LogP contribution in [0.25, 0.3) is 0 Å². The summed E-state index contributed by atoms with van der Waals surface area (Å²) in [4.78, 5) is 17.4. The summed E-state index contributed by atoms with van der Waals surface area (Å²) < 4.78 is 5.46. The second-order valence-corrected chi connectivity index (χ2v) is 7.67. The fraction of sp³-hybridized carbons (Fsp3) is 0.417. The van der Waals surface area contributed by atoms with Gasteiger partial charge in [-0.3, -0.25) is 14.6 Å². The van der Waals surface area contributed by atoms with Crippen LogP contribution in [0.4, 0.5) is 5.69 Å². The van der Waals surface area contributed by atoms with E-state index in [0.717, 1.165) is 39.4 Å². The van der Waals surface area contributed by atoms with Gasteiger partial charge in [-0.15, -0.1) is 0 Å². The van der Waals surface area contributed by atoms with Crippen LogP contribution in [0.15, 0.2) is 54.6 Å². The standard InChI is InChI=1S/C24H30N4O2/c1-20(18-27-13-15-30-16-14-27)28(19-21-7-3-2-4-8-21)12-11-24(29)26-23-10-6-5-9-22(23)17-25/h2-10,20H,11-16,18-19H2,1H3,(H,26,29). The predicted octanol–water partition coefficient (Wildman–Crippen LogP) is 3.11. The Labute approximate surface area is 179 Å². The van der Waals surface area contributed by atoms with E-state index >= 15 is 0 Å². The van der Waals surface area contributed by atoms with Gasteiger partial charge in [-0.25, -0.2) is 0 Å². The van der Waals surface area contributed by atoms with Crippen LogP contribution in [-0.4, -0.2) is 61.1 Å². The van der Waals surface area contributed by atoms with E-state index in [2.05, 4.69) is 40.2 Å². The van der Waals surface area contributed by atoms with Gasteiger partial charge in [0.2, 0.25) is 5.91 Å². The molecule has 0 radical (unpaired) electrons. The summed E-state index contributed by atoms with van der Waals surface area (Å²) in [5, 5.41) is 12.1. The lowest BCUT2D eigenvalue weighted by Gasteiger charge is -2.35. The highest BCUT2D eigenvalue weighted by Gasteiger charge is 2.20. The lowest BCUT2D eigenvalue weighted by Crippen LogP contribution is -2.46. The minimum atomic E-state index is -0.0747. The number of hydrogen-bond donors (Lipinski definition) is 1. The van der Waals surface area contributed by atoms with Gasteiger partial charge >= 0.3 is 0 Å². The molecule has 6 heteroatoms. The highest BCUT2D eigenvalue weighted by atomic mass is 16.5. The molecule has 30 heavy (non-hydrogen) atoms. The summed E-state index contributed by atoms with van der Waals surface area (Å²) in [6, 6.07) is 19.9. The third kappa shape index (κ3) is 6.67. The van der Waals surface area contributed by atoms with E-state index in [0.29, 0.717) is 30.3 Å². The van der Waals surface area contributed by atoms with Crippen molar-refractivity contribution in [1.82, 2.24) is 9.80 Å². The Balaban J connectivity index is 1.60. The average molecular weight is 407 g/mol. The number of nitriles is 1. The first-order valence-corrected chi connectivity index (χ1v) is 10.5. The van der Waals surface area contributed by atoms with Gasteiger partial charge in [0, 0.05) is 45.2 Å². The third-order valence-corrected chi connectivity index (χ3v) is 5.43. The average Bonchev–Trinajstić information content (AvgIpc) is 2.78. The minimum Gasteiger partial charge on any atom is -0.379 e.